The number of unbranched alkanes of at least 4 members (excludes halogenated alkanes) is 1. The second-order valence-corrected chi connectivity index (χ2v) is 5.97. The summed E-state index contributed by atoms with van der Waals surface area (Å²) in [6.45, 7) is 5.76. The Hall–Kier alpha value is -2.86. The van der Waals surface area contributed by atoms with Gasteiger partial charge in [-0.05, 0) is 61.9 Å². The average molecular weight is 386 g/mol. The summed E-state index contributed by atoms with van der Waals surface area (Å²) in [5.41, 5.74) is 0.798. The Balaban J connectivity index is 1.85. The molecule has 0 radical (unpaired) electrons. The fraction of sp³-hybridized carbons (Fsp3) is 0.364. The van der Waals surface area contributed by atoms with Crippen LogP contribution in [0.4, 0.5) is 0 Å². The van der Waals surface area contributed by atoms with Gasteiger partial charge >= 0.3 is 11.9 Å². The third-order valence-corrected chi connectivity index (χ3v) is 3.82. The Labute approximate surface area is 165 Å². The summed E-state index contributed by atoms with van der Waals surface area (Å²) >= 11 is 0. The van der Waals surface area contributed by atoms with Crippen molar-refractivity contribution in [2.75, 3.05) is 26.4 Å². The molecule has 0 fully saturated rings. The van der Waals surface area contributed by atoms with Crippen LogP contribution in [0, 0.1) is 0 Å². The highest BCUT2D eigenvalue weighted by molar-refractivity contribution is 5.92. The Bertz CT molecular complexity index is 737. The van der Waals surface area contributed by atoms with E-state index in [2.05, 4.69) is 6.92 Å². The van der Waals surface area contributed by atoms with Crippen molar-refractivity contribution in [3.63, 3.8) is 0 Å². The van der Waals surface area contributed by atoms with Crippen LogP contribution in [-0.4, -0.2) is 38.4 Å². The molecule has 150 valence electrons. The highest BCUT2D eigenvalue weighted by Crippen LogP contribution is 2.17. The molecule has 0 amide bonds. The summed E-state index contributed by atoms with van der Waals surface area (Å²) in [5.74, 6) is 0.139. The van der Waals surface area contributed by atoms with E-state index in [1.807, 2.05) is 6.92 Å². The number of ether oxygens (including phenoxy) is 4. The second kappa shape index (κ2) is 11.8. The topological polar surface area (TPSA) is 71.1 Å². The van der Waals surface area contributed by atoms with Crippen molar-refractivity contribution in [2.24, 2.45) is 0 Å². The van der Waals surface area contributed by atoms with Crippen molar-refractivity contribution in [1.29, 1.82) is 0 Å². The Kier molecular flexibility index (Phi) is 9.01. The lowest BCUT2D eigenvalue weighted by molar-refractivity contribution is 0.0335. The SMILES string of the molecule is CCCCOc1ccc(C(=O)Oc2ccc(C(=O)OCCOCC)cc2)cc1. The lowest BCUT2D eigenvalue weighted by atomic mass is 10.2. The molecule has 0 spiro atoms. The largest absolute Gasteiger partial charge is 0.494 e. The molecular formula is C22H26O6. The van der Waals surface area contributed by atoms with E-state index >= 15 is 0 Å². The minimum atomic E-state index is -0.479. The quantitative estimate of drug-likeness (QED) is 0.326. The predicted molar refractivity (Wildman–Crippen MR) is 105 cm³/mol. The summed E-state index contributed by atoms with van der Waals surface area (Å²) in [7, 11) is 0. The molecule has 0 aliphatic rings. The van der Waals surface area contributed by atoms with Gasteiger partial charge in [-0.2, -0.15) is 0 Å². The molecule has 2 aromatic carbocycles. The standard InChI is InChI=1S/C22H26O6/c1-3-5-14-26-19-10-6-18(7-11-19)22(24)28-20-12-8-17(9-13-20)21(23)27-16-15-25-4-2/h6-13H,3-5,14-16H2,1-2H3. The zero-order chi connectivity index (χ0) is 20.2. The summed E-state index contributed by atoms with van der Waals surface area (Å²) in [6.07, 6.45) is 2.05. The zero-order valence-electron chi connectivity index (χ0n) is 16.3. The fourth-order valence-corrected chi connectivity index (χ4v) is 2.27. The van der Waals surface area contributed by atoms with E-state index in [1.165, 1.54) is 0 Å². The maximum absolute atomic E-state index is 12.2. The molecule has 0 atom stereocenters. The van der Waals surface area contributed by atoms with Gasteiger partial charge in [-0.15, -0.1) is 0 Å². The summed E-state index contributed by atoms with van der Waals surface area (Å²) in [4.78, 5) is 24.1. The Morgan fingerprint density at radius 3 is 1.96 bits per heavy atom. The van der Waals surface area contributed by atoms with Crippen molar-refractivity contribution in [3.8, 4) is 11.5 Å². The predicted octanol–water partition coefficient (Wildman–Crippen LogP) is 4.28. The van der Waals surface area contributed by atoms with Crippen molar-refractivity contribution in [1.82, 2.24) is 0 Å². The smallest absolute Gasteiger partial charge is 0.343 e. The molecule has 0 saturated heterocycles. The van der Waals surface area contributed by atoms with E-state index in [1.54, 1.807) is 48.5 Å². The van der Waals surface area contributed by atoms with Crippen LogP contribution in [0.3, 0.4) is 0 Å². The molecule has 0 bridgehead atoms. The van der Waals surface area contributed by atoms with Crippen LogP contribution in [-0.2, 0) is 9.47 Å². The number of rotatable bonds is 11. The molecule has 6 nitrogen and oxygen atoms in total. The van der Waals surface area contributed by atoms with Gasteiger partial charge in [0.15, 0.2) is 0 Å². The van der Waals surface area contributed by atoms with Gasteiger partial charge in [-0.3, -0.25) is 0 Å². The van der Waals surface area contributed by atoms with Gasteiger partial charge in [-0.1, -0.05) is 13.3 Å². The summed E-state index contributed by atoms with van der Waals surface area (Å²) < 4.78 is 21.1. The summed E-state index contributed by atoms with van der Waals surface area (Å²) in [5, 5.41) is 0. The minimum Gasteiger partial charge on any atom is -0.494 e. The first-order chi connectivity index (χ1) is 13.6. The molecule has 0 aliphatic heterocycles. The number of carbonyl (C=O) groups excluding carboxylic acids is 2. The first-order valence-corrected chi connectivity index (χ1v) is 9.44. The van der Waals surface area contributed by atoms with Crippen molar-refractivity contribution >= 4 is 11.9 Å². The van der Waals surface area contributed by atoms with Gasteiger partial charge in [0, 0.05) is 6.61 Å². The second-order valence-electron chi connectivity index (χ2n) is 5.97. The maximum Gasteiger partial charge on any atom is 0.343 e. The molecule has 2 rings (SSSR count). The third-order valence-electron chi connectivity index (χ3n) is 3.82. The molecule has 0 saturated carbocycles. The van der Waals surface area contributed by atoms with Gasteiger partial charge in [-0.25, -0.2) is 9.59 Å². The van der Waals surface area contributed by atoms with E-state index in [-0.39, 0.29) is 6.61 Å². The summed E-state index contributed by atoms with van der Waals surface area (Å²) in [6, 6.07) is 13.0. The first kappa shape index (κ1) is 21.4. The van der Waals surface area contributed by atoms with Crippen molar-refractivity contribution in [3.05, 3.63) is 59.7 Å². The van der Waals surface area contributed by atoms with Crippen LogP contribution in [0.1, 0.15) is 47.4 Å². The van der Waals surface area contributed by atoms with Crippen LogP contribution in [0.15, 0.2) is 48.5 Å². The molecule has 6 heteroatoms. The molecule has 0 heterocycles. The molecule has 2 aromatic rings. The van der Waals surface area contributed by atoms with Gasteiger partial charge < -0.3 is 18.9 Å². The van der Waals surface area contributed by atoms with E-state index in [9.17, 15) is 9.59 Å². The van der Waals surface area contributed by atoms with Gasteiger partial charge in [0.1, 0.15) is 18.1 Å². The number of carbonyl (C=O) groups is 2. The van der Waals surface area contributed by atoms with E-state index < -0.39 is 11.9 Å². The maximum atomic E-state index is 12.2. The molecular weight excluding hydrogens is 360 g/mol. The lowest BCUT2D eigenvalue weighted by Crippen LogP contribution is -2.11. The Morgan fingerprint density at radius 2 is 1.36 bits per heavy atom. The number of hydrogen-bond acceptors (Lipinski definition) is 6. The molecule has 0 aliphatic carbocycles. The van der Waals surface area contributed by atoms with E-state index in [0.717, 1.165) is 18.6 Å². The van der Waals surface area contributed by atoms with Crippen molar-refractivity contribution in [2.45, 2.75) is 26.7 Å². The third kappa shape index (κ3) is 7.04. The van der Waals surface area contributed by atoms with Gasteiger partial charge in [0.05, 0.1) is 24.3 Å². The highest BCUT2D eigenvalue weighted by Gasteiger charge is 2.11. The van der Waals surface area contributed by atoms with Crippen LogP contribution in [0.2, 0.25) is 0 Å². The molecule has 0 unspecified atom stereocenters. The van der Waals surface area contributed by atoms with Crippen LogP contribution < -0.4 is 9.47 Å². The van der Waals surface area contributed by atoms with Crippen LogP contribution in [0.5, 0.6) is 11.5 Å². The molecule has 0 N–H and O–H groups in total. The number of esters is 2. The van der Waals surface area contributed by atoms with Gasteiger partial charge in [0.25, 0.3) is 0 Å². The number of hydrogen-bond donors (Lipinski definition) is 0. The van der Waals surface area contributed by atoms with Crippen LogP contribution in [0.25, 0.3) is 0 Å². The van der Waals surface area contributed by atoms with E-state index in [4.69, 9.17) is 18.9 Å². The molecule has 0 aromatic heterocycles. The van der Waals surface area contributed by atoms with E-state index in [0.29, 0.717) is 36.7 Å². The van der Waals surface area contributed by atoms with Crippen molar-refractivity contribution < 1.29 is 28.5 Å². The van der Waals surface area contributed by atoms with Gasteiger partial charge in [0.2, 0.25) is 0 Å². The lowest BCUT2D eigenvalue weighted by Gasteiger charge is -2.08. The fourth-order valence-electron chi connectivity index (χ4n) is 2.27. The average Bonchev–Trinajstić information content (AvgIpc) is 2.72. The van der Waals surface area contributed by atoms with Crippen LogP contribution >= 0.6 is 0 Å². The highest BCUT2D eigenvalue weighted by atomic mass is 16.6. The molecule has 28 heavy (non-hydrogen) atoms. The normalized spacial score (nSPS) is 10.4. The monoisotopic (exact) mass is 386 g/mol. The first-order valence-electron chi connectivity index (χ1n) is 9.44. The Morgan fingerprint density at radius 1 is 0.750 bits per heavy atom. The number of benzene rings is 2. The minimum absolute atomic E-state index is 0.196. The zero-order valence-corrected chi connectivity index (χ0v) is 16.3.